The molecular formula is C24H26N8O3. The van der Waals surface area contributed by atoms with Gasteiger partial charge in [0.25, 0.3) is 0 Å². The molecule has 0 bridgehead atoms. The van der Waals surface area contributed by atoms with Gasteiger partial charge in [0.2, 0.25) is 5.62 Å². The molecule has 1 aromatic carbocycles. The zero-order valence-corrected chi connectivity index (χ0v) is 19.6. The normalized spacial score (nSPS) is 13.8. The Bertz CT molecular complexity index is 1460. The van der Waals surface area contributed by atoms with Crippen LogP contribution in [0.5, 0.6) is 5.75 Å². The van der Waals surface area contributed by atoms with Crippen molar-refractivity contribution >= 4 is 22.7 Å². The lowest BCUT2D eigenvalue weighted by Gasteiger charge is -2.31. The fourth-order valence-electron chi connectivity index (χ4n) is 4.13. The molecule has 1 saturated heterocycles. The summed E-state index contributed by atoms with van der Waals surface area (Å²) in [6, 6.07) is 7.17. The Morgan fingerprint density at radius 2 is 2.03 bits per heavy atom. The van der Waals surface area contributed by atoms with E-state index in [2.05, 4.69) is 26.7 Å². The lowest BCUT2D eigenvalue weighted by Crippen LogP contribution is -2.36. The summed E-state index contributed by atoms with van der Waals surface area (Å²) in [7, 11) is 1.62. The maximum Gasteiger partial charge on any atom is 0.242 e. The van der Waals surface area contributed by atoms with Gasteiger partial charge >= 0.3 is 0 Å². The topological polar surface area (TPSA) is 116 Å². The third-order valence-corrected chi connectivity index (χ3v) is 5.94. The number of imidazole rings is 1. The van der Waals surface area contributed by atoms with E-state index in [0.717, 1.165) is 16.8 Å². The van der Waals surface area contributed by atoms with Gasteiger partial charge in [0.05, 0.1) is 26.0 Å². The molecule has 1 fully saturated rings. The van der Waals surface area contributed by atoms with E-state index in [-0.39, 0.29) is 17.9 Å². The Balaban J connectivity index is 1.50. The predicted molar refractivity (Wildman–Crippen MR) is 129 cm³/mol. The van der Waals surface area contributed by atoms with Gasteiger partial charge < -0.3 is 14.4 Å². The molecule has 0 amide bonds. The predicted octanol–water partition coefficient (Wildman–Crippen LogP) is 1.96. The van der Waals surface area contributed by atoms with Gasteiger partial charge in [-0.1, -0.05) is 6.58 Å². The van der Waals surface area contributed by atoms with Crippen LogP contribution in [-0.4, -0.2) is 68.1 Å². The summed E-state index contributed by atoms with van der Waals surface area (Å²) in [6.45, 7) is 8.48. The van der Waals surface area contributed by atoms with E-state index in [4.69, 9.17) is 14.9 Å². The van der Waals surface area contributed by atoms with Crippen molar-refractivity contribution in [2.45, 2.75) is 13.5 Å². The maximum atomic E-state index is 13.4. The van der Waals surface area contributed by atoms with Crippen LogP contribution < -0.4 is 15.3 Å². The van der Waals surface area contributed by atoms with E-state index in [1.54, 1.807) is 48.6 Å². The SMILES string of the molecule is C=C(C)c1cc(C(=O)Cn2nc3ccc(-n4ccnc4)nn3c2=N)cc(N2CCOCC2)c1OC. The first-order valence-electron chi connectivity index (χ1n) is 11.2. The molecule has 5 rings (SSSR count). The number of fused-ring (bicyclic) bond motifs is 1. The first-order chi connectivity index (χ1) is 17.0. The van der Waals surface area contributed by atoms with Crippen LogP contribution >= 0.6 is 0 Å². The minimum absolute atomic E-state index is 0.00245. The highest BCUT2D eigenvalue weighted by molar-refractivity contribution is 5.99. The molecule has 1 N–H and O–H groups in total. The lowest BCUT2D eigenvalue weighted by molar-refractivity contribution is 0.0965. The van der Waals surface area contributed by atoms with Crippen LogP contribution in [0.15, 0.2) is 49.6 Å². The van der Waals surface area contributed by atoms with Crippen LogP contribution in [0, 0.1) is 5.41 Å². The molecule has 180 valence electrons. The maximum absolute atomic E-state index is 13.4. The zero-order chi connectivity index (χ0) is 24.5. The monoisotopic (exact) mass is 474 g/mol. The van der Waals surface area contributed by atoms with Gasteiger partial charge in [-0.15, -0.1) is 10.2 Å². The van der Waals surface area contributed by atoms with Gasteiger partial charge in [-0.25, -0.2) is 9.67 Å². The molecule has 0 atom stereocenters. The number of carbonyl (C=O) groups is 1. The van der Waals surface area contributed by atoms with Crippen molar-refractivity contribution < 1.29 is 14.3 Å². The highest BCUT2D eigenvalue weighted by atomic mass is 16.5. The van der Waals surface area contributed by atoms with Gasteiger partial charge in [-0.2, -0.15) is 4.52 Å². The molecule has 0 saturated carbocycles. The number of allylic oxidation sites excluding steroid dienone is 1. The van der Waals surface area contributed by atoms with Crippen molar-refractivity contribution in [2.24, 2.45) is 0 Å². The molecule has 11 nitrogen and oxygen atoms in total. The molecule has 1 aliphatic rings. The Morgan fingerprint density at radius 3 is 2.71 bits per heavy atom. The average Bonchev–Trinajstić information content (AvgIpc) is 3.52. The molecule has 35 heavy (non-hydrogen) atoms. The number of morpholine rings is 1. The number of nitrogens with one attached hydrogen (secondary N) is 1. The van der Waals surface area contributed by atoms with Gasteiger partial charge in [-0.05, 0) is 36.8 Å². The summed E-state index contributed by atoms with van der Waals surface area (Å²) in [4.78, 5) is 19.6. The number of hydrogen-bond acceptors (Lipinski definition) is 8. The molecule has 4 aromatic rings. The van der Waals surface area contributed by atoms with E-state index in [9.17, 15) is 4.79 Å². The van der Waals surface area contributed by atoms with Crippen molar-refractivity contribution in [1.82, 2.24) is 28.9 Å². The second kappa shape index (κ2) is 9.18. The number of nitrogens with zero attached hydrogens (tertiary/aromatic N) is 7. The van der Waals surface area contributed by atoms with Gasteiger partial charge in [0, 0.05) is 36.6 Å². The van der Waals surface area contributed by atoms with Crippen molar-refractivity contribution in [3.8, 4) is 11.6 Å². The highest BCUT2D eigenvalue weighted by Gasteiger charge is 2.22. The molecule has 0 spiro atoms. The molecule has 11 heteroatoms. The Morgan fingerprint density at radius 1 is 1.23 bits per heavy atom. The number of benzene rings is 1. The smallest absolute Gasteiger partial charge is 0.242 e. The van der Waals surface area contributed by atoms with Crippen LogP contribution in [0.25, 0.3) is 17.0 Å². The number of anilines is 1. The van der Waals surface area contributed by atoms with Gasteiger partial charge in [0.15, 0.2) is 17.2 Å². The van der Waals surface area contributed by atoms with Crippen LogP contribution in [-0.2, 0) is 11.3 Å². The van der Waals surface area contributed by atoms with Crippen LogP contribution in [0.3, 0.4) is 0 Å². The summed E-state index contributed by atoms with van der Waals surface area (Å²) >= 11 is 0. The Labute approximate surface area is 201 Å². The molecule has 3 aromatic heterocycles. The van der Waals surface area contributed by atoms with Gasteiger partial charge in [0.1, 0.15) is 18.6 Å². The van der Waals surface area contributed by atoms with E-state index >= 15 is 0 Å². The largest absolute Gasteiger partial charge is 0.494 e. The molecule has 0 aliphatic carbocycles. The van der Waals surface area contributed by atoms with Crippen LogP contribution in [0.4, 0.5) is 5.69 Å². The molecular weight excluding hydrogens is 448 g/mol. The van der Waals surface area contributed by atoms with E-state index < -0.39 is 0 Å². The second-order valence-electron chi connectivity index (χ2n) is 8.29. The zero-order valence-electron chi connectivity index (χ0n) is 19.6. The van der Waals surface area contributed by atoms with Crippen molar-refractivity contribution in [2.75, 3.05) is 38.3 Å². The Kier molecular flexibility index (Phi) is 5.91. The lowest BCUT2D eigenvalue weighted by atomic mass is 9.99. The summed E-state index contributed by atoms with van der Waals surface area (Å²) in [5.41, 5.74) is 3.37. The molecule has 0 radical (unpaired) electrons. The summed E-state index contributed by atoms with van der Waals surface area (Å²) in [5.74, 6) is 1.10. The summed E-state index contributed by atoms with van der Waals surface area (Å²) < 4.78 is 15.7. The third kappa shape index (κ3) is 4.21. The molecule has 0 unspecified atom stereocenters. The number of hydrogen-bond donors (Lipinski definition) is 1. The van der Waals surface area contributed by atoms with Crippen molar-refractivity contribution in [1.29, 1.82) is 5.41 Å². The fraction of sp³-hybridized carbons (Fsp3) is 0.292. The molecule has 4 heterocycles. The van der Waals surface area contributed by atoms with E-state index in [0.29, 0.717) is 49.1 Å². The first kappa shape index (κ1) is 22.5. The standard InChI is InChI=1S/C24H26N8O3/c1-16(2)18-12-17(13-19(23(18)34-3)29-8-10-35-11-9-29)20(33)14-31-24(25)32-22(27-31)5-4-21(28-32)30-7-6-26-15-30/h4-7,12-13,15,25H,1,8-11,14H2,2-3H3. The number of rotatable bonds is 7. The highest BCUT2D eigenvalue weighted by Crippen LogP contribution is 2.37. The van der Waals surface area contributed by atoms with Crippen LogP contribution in [0.1, 0.15) is 22.8 Å². The van der Waals surface area contributed by atoms with Crippen molar-refractivity contribution in [3.63, 3.8) is 0 Å². The number of aromatic nitrogens is 6. The van der Waals surface area contributed by atoms with Gasteiger partial charge in [-0.3, -0.25) is 14.8 Å². The van der Waals surface area contributed by atoms with Crippen LogP contribution in [0.2, 0.25) is 0 Å². The van der Waals surface area contributed by atoms with E-state index in [1.807, 2.05) is 13.0 Å². The number of ether oxygens (including phenoxy) is 2. The van der Waals surface area contributed by atoms with Crippen molar-refractivity contribution in [3.05, 3.63) is 66.3 Å². The number of ketones is 1. The minimum Gasteiger partial charge on any atom is -0.494 e. The fourth-order valence-corrected chi connectivity index (χ4v) is 4.13. The Hall–Kier alpha value is -4.25. The third-order valence-electron chi connectivity index (χ3n) is 5.94. The van der Waals surface area contributed by atoms with E-state index in [1.165, 1.54) is 9.20 Å². The number of methoxy groups -OCH3 is 1. The number of Topliss-reactive ketones (excluding diaryl/α,β-unsaturated/α-hetero) is 1. The quantitative estimate of drug-likeness (QED) is 0.407. The summed E-state index contributed by atoms with van der Waals surface area (Å²) in [5, 5.41) is 17.4. The summed E-state index contributed by atoms with van der Waals surface area (Å²) in [6.07, 6.45) is 5.04. The minimum atomic E-state index is -0.179. The second-order valence-corrected chi connectivity index (χ2v) is 8.29. The first-order valence-corrected chi connectivity index (χ1v) is 11.2. The number of carbonyl (C=O) groups excluding carboxylic acids is 1. The average molecular weight is 475 g/mol. The molecule has 1 aliphatic heterocycles.